The Bertz CT molecular complexity index is 958. The lowest BCUT2D eigenvalue weighted by Gasteiger charge is -2.41. The molecule has 148 valence electrons. The third-order valence-electron chi connectivity index (χ3n) is 5.97. The Balaban J connectivity index is 1.61. The van der Waals surface area contributed by atoms with Gasteiger partial charge in [0.25, 0.3) is 0 Å². The van der Waals surface area contributed by atoms with E-state index >= 15 is 0 Å². The number of piperidine rings is 1. The fraction of sp³-hybridized carbons (Fsp3) is 0.280. The average molecular weight is 386 g/mol. The number of likely N-dealkylation sites (tertiary alicyclic amines) is 1. The molecule has 0 radical (unpaired) electrons. The van der Waals surface area contributed by atoms with Crippen LogP contribution in [0.25, 0.3) is 11.1 Å². The molecule has 4 heteroatoms. The standard InChI is InChI=1S/C25H27N3O/c26-24(29)25(13-6-16-28(19-25)18-20-11-14-27-15-12-20)17-22-9-4-5-10-23(22)21-7-2-1-3-8-21/h1-5,7-12,14-15H,6,13,16-19H2,(H2,26,29). The zero-order valence-electron chi connectivity index (χ0n) is 16.6. The van der Waals surface area contributed by atoms with Gasteiger partial charge in [-0.25, -0.2) is 0 Å². The fourth-order valence-corrected chi connectivity index (χ4v) is 4.48. The number of hydrogen-bond acceptors (Lipinski definition) is 3. The molecular weight excluding hydrogens is 358 g/mol. The Kier molecular flexibility index (Phi) is 5.72. The average Bonchev–Trinajstić information content (AvgIpc) is 2.76. The minimum absolute atomic E-state index is 0.195. The van der Waals surface area contributed by atoms with Crippen molar-refractivity contribution in [1.29, 1.82) is 0 Å². The molecule has 1 amide bonds. The van der Waals surface area contributed by atoms with Gasteiger partial charge in [0.15, 0.2) is 0 Å². The third kappa shape index (κ3) is 4.38. The van der Waals surface area contributed by atoms with Crippen molar-refractivity contribution in [3.8, 4) is 11.1 Å². The normalized spacial score (nSPS) is 19.7. The zero-order valence-corrected chi connectivity index (χ0v) is 16.6. The van der Waals surface area contributed by atoms with Gasteiger partial charge in [0.2, 0.25) is 5.91 Å². The van der Waals surface area contributed by atoms with Gasteiger partial charge in [-0.1, -0.05) is 54.6 Å². The predicted octanol–water partition coefficient (Wildman–Crippen LogP) is 4.06. The van der Waals surface area contributed by atoms with E-state index in [0.717, 1.165) is 25.9 Å². The topological polar surface area (TPSA) is 59.2 Å². The summed E-state index contributed by atoms with van der Waals surface area (Å²) >= 11 is 0. The number of nitrogens with zero attached hydrogens (tertiary/aromatic N) is 2. The second-order valence-corrected chi connectivity index (χ2v) is 8.01. The van der Waals surface area contributed by atoms with Gasteiger partial charge in [0.1, 0.15) is 0 Å². The Labute approximate surface area is 172 Å². The fourth-order valence-electron chi connectivity index (χ4n) is 4.48. The molecular formula is C25H27N3O. The molecule has 4 nitrogen and oxygen atoms in total. The first kappa shape index (κ1) is 19.3. The molecule has 4 rings (SSSR count). The molecule has 0 aliphatic carbocycles. The van der Waals surface area contributed by atoms with Gasteiger partial charge >= 0.3 is 0 Å². The van der Waals surface area contributed by atoms with Crippen molar-refractivity contribution in [2.75, 3.05) is 13.1 Å². The number of rotatable bonds is 6. The third-order valence-corrected chi connectivity index (χ3v) is 5.97. The van der Waals surface area contributed by atoms with E-state index in [1.54, 1.807) is 0 Å². The Morgan fingerprint density at radius 1 is 1.00 bits per heavy atom. The van der Waals surface area contributed by atoms with E-state index in [2.05, 4.69) is 40.2 Å². The van der Waals surface area contributed by atoms with Gasteiger partial charge in [0.05, 0.1) is 5.41 Å². The van der Waals surface area contributed by atoms with Gasteiger partial charge in [-0.3, -0.25) is 14.7 Å². The second kappa shape index (κ2) is 8.58. The molecule has 2 N–H and O–H groups in total. The van der Waals surface area contributed by atoms with Crippen LogP contribution in [-0.4, -0.2) is 28.9 Å². The van der Waals surface area contributed by atoms with Crippen LogP contribution in [0.3, 0.4) is 0 Å². The van der Waals surface area contributed by atoms with Gasteiger partial charge < -0.3 is 5.73 Å². The van der Waals surface area contributed by atoms with E-state index in [-0.39, 0.29) is 5.91 Å². The minimum atomic E-state index is -0.545. The molecule has 2 aromatic carbocycles. The maximum Gasteiger partial charge on any atom is 0.225 e. The molecule has 3 aromatic rings. The highest BCUT2D eigenvalue weighted by Gasteiger charge is 2.41. The summed E-state index contributed by atoms with van der Waals surface area (Å²) in [5.41, 5.74) is 10.2. The van der Waals surface area contributed by atoms with Gasteiger partial charge in [-0.2, -0.15) is 0 Å². The molecule has 0 spiro atoms. The van der Waals surface area contributed by atoms with Crippen molar-refractivity contribution in [3.05, 3.63) is 90.3 Å². The van der Waals surface area contributed by atoms with Crippen molar-refractivity contribution in [1.82, 2.24) is 9.88 Å². The lowest BCUT2D eigenvalue weighted by Crippen LogP contribution is -2.51. The zero-order chi connectivity index (χ0) is 20.1. The maximum atomic E-state index is 12.7. The van der Waals surface area contributed by atoms with Crippen LogP contribution >= 0.6 is 0 Å². The summed E-state index contributed by atoms with van der Waals surface area (Å²) in [5, 5.41) is 0. The highest BCUT2D eigenvalue weighted by Crippen LogP contribution is 2.37. The lowest BCUT2D eigenvalue weighted by atomic mass is 9.73. The predicted molar refractivity (Wildman–Crippen MR) is 116 cm³/mol. The van der Waals surface area contributed by atoms with Crippen LogP contribution in [0.2, 0.25) is 0 Å². The van der Waals surface area contributed by atoms with Crippen LogP contribution in [0.5, 0.6) is 0 Å². The van der Waals surface area contributed by atoms with E-state index in [4.69, 9.17) is 5.73 Å². The summed E-state index contributed by atoms with van der Waals surface area (Å²) in [5.74, 6) is -0.195. The number of hydrogen-bond donors (Lipinski definition) is 1. The van der Waals surface area contributed by atoms with Crippen molar-refractivity contribution >= 4 is 5.91 Å². The minimum Gasteiger partial charge on any atom is -0.369 e. The molecule has 0 bridgehead atoms. The molecule has 1 aromatic heterocycles. The molecule has 1 atom stereocenters. The molecule has 0 saturated carbocycles. The van der Waals surface area contributed by atoms with Crippen molar-refractivity contribution < 1.29 is 4.79 Å². The Morgan fingerprint density at radius 3 is 2.48 bits per heavy atom. The summed E-state index contributed by atoms with van der Waals surface area (Å²) < 4.78 is 0. The number of pyridine rings is 1. The molecule has 29 heavy (non-hydrogen) atoms. The van der Waals surface area contributed by atoms with E-state index in [0.29, 0.717) is 13.0 Å². The number of carbonyl (C=O) groups is 1. The first-order valence-corrected chi connectivity index (χ1v) is 10.2. The van der Waals surface area contributed by atoms with E-state index in [9.17, 15) is 4.79 Å². The number of nitrogens with two attached hydrogens (primary N) is 1. The number of carbonyl (C=O) groups excluding carboxylic acids is 1. The van der Waals surface area contributed by atoms with Crippen molar-refractivity contribution in [2.24, 2.45) is 11.1 Å². The number of aromatic nitrogens is 1. The maximum absolute atomic E-state index is 12.7. The van der Waals surface area contributed by atoms with Crippen LogP contribution in [0.4, 0.5) is 0 Å². The molecule has 1 unspecified atom stereocenters. The monoisotopic (exact) mass is 385 g/mol. The Hall–Kier alpha value is -2.98. The first-order valence-electron chi connectivity index (χ1n) is 10.2. The van der Waals surface area contributed by atoms with E-state index in [1.807, 2.05) is 48.8 Å². The SMILES string of the molecule is NC(=O)C1(Cc2ccccc2-c2ccccc2)CCCN(Cc2ccncc2)C1. The summed E-state index contributed by atoms with van der Waals surface area (Å²) in [4.78, 5) is 19.2. The summed E-state index contributed by atoms with van der Waals surface area (Å²) in [7, 11) is 0. The molecule has 1 fully saturated rings. The van der Waals surface area contributed by atoms with Crippen LogP contribution < -0.4 is 5.73 Å². The summed E-state index contributed by atoms with van der Waals surface area (Å²) in [6, 6.07) is 22.8. The van der Waals surface area contributed by atoms with Crippen LogP contribution in [0, 0.1) is 5.41 Å². The molecule has 1 aliphatic rings. The molecule has 2 heterocycles. The number of amides is 1. The van der Waals surface area contributed by atoms with Gasteiger partial charge in [0, 0.05) is 25.5 Å². The van der Waals surface area contributed by atoms with Gasteiger partial charge in [-0.15, -0.1) is 0 Å². The van der Waals surface area contributed by atoms with Crippen LogP contribution in [-0.2, 0) is 17.8 Å². The first-order chi connectivity index (χ1) is 14.2. The highest BCUT2D eigenvalue weighted by atomic mass is 16.1. The molecule has 1 aliphatic heterocycles. The highest BCUT2D eigenvalue weighted by molar-refractivity contribution is 5.82. The molecule has 1 saturated heterocycles. The quantitative estimate of drug-likeness (QED) is 0.696. The van der Waals surface area contributed by atoms with Gasteiger partial charge in [-0.05, 0) is 60.2 Å². The Morgan fingerprint density at radius 2 is 1.72 bits per heavy atom. The van der Waals surface area contributed by atoms with Crippen LogP contribution in [0.15, 0.2) is 79.1 Å². The second-order valence-electron chi connectivity index (χ2n) is 8.01. The lowest BCUT2D eigenvalue weighted by molar-refractivity contribution is -0.131. The summed E-state index contributed by atoms with van der Waals surface area (Å²) in [6.07, 6.45) is 6.10. The van der Waals surface area contributed by atoms with Crippen molar-refractivity contribution in [2.45, 2.75) is 25.8 Å². The van der Waals surface area contributed by atoms with E-state index in [1.165, 1.54) is 22.3 Å². The van der Waals surface area contributed by atoms with Crippen LogP contribution in [0.1, 0.15) is 24.0 Å². The van der Waals surface area contributed by atoms with E-state index < -0.39 is 5.41 Å². The number of primary amides is 1. The largest absolute Gasteiger partial charge is 0.369 e. The summed E-state index contributed by atoms with van der Waals surface area (Å²) in [6.45, 7) is 2.49. The smallest absolute Gasteiger partial charge is 0.225 e. The number of benzene rings is 2. The van der Waals surface area contributed by atoms with Crippen molar-refractivity contribution in [3.63, 3.8) is 0 Å².